The van der Waals surface area contributed by atoms with Crippen molar-refractivity contribution in [2.24, 2.45) is 0 Å². The molecule has 48 heavy (non-hydrogen) atoms. The van der Waals surface area contributed by atoms with Crippen LogP contribution >= 0.6 is 0 Å². The summed E-state index contributed by atoms with van der Waals surface area (Å²) in [5, 5.41) is 4.21. The van der Waals surface area contributed by atoms with E-state index in [2.05, 4.69) is 144 Å². The molecule has 0 aliphatic heterocycles. The van der Waals surface area contributed by atoms with Crippen LogP contribution in [0, 0.1) is 0 Å². The number of fused-ring (bicyclic) bond motifs is 5. The second-order valence-electron chi connectivity index (χ2n) is 11.8. The van der Waals surface area contributed by atoms with Crippen molar-refractivity contribution in [2.45, 2.75) is 0 Å². The Bertz CT molecular complexity index is 2450. The summed E-state index contributed by atoms with van der Waals surface area (Å²) in [5.74, 6) is 0.625. The van der Waals surface area contributed by atoms with E-state index < -0.39 is 0 Å². The number of hydrogen-bond donors (Lipinski definition) is 0. The zero-order valence-electron chi connectivity index (χ0n) is 26.0. The topological polar surface area (TPSA) is 42.2 Å². The third-order valence-corrected chi connectivity index (χ3v) is 8.86. The molecule has 0 N–H and O–H groups in total. The smallest absolute Gasteiger partial charge is 0.164 e. The quantitative estimate of drug-likeness (QED) is 0.187. The first kappa shape index (κ1) is 27.8. The minimum atomic E-state index is 0.625. The van der Waals surface area contributed by atoms with Crippen LogP contribution in [0.25, 0.3) is 66.6 Å². The predicted molar refractivity (Wildman–Crippen MR) is 198 cm³/mol. The molecule has 0 aliphatic carbocycles. The number of hydrogen-bond acceptors (Lipinski definition) is 4. The zero-order valence-corrected chi connectivity index (χ0v) is 26.0. The molecule has 9 aromatic rings. The average molecular weight is 616 g/mol. The van der Waals surface area contributed by atoms with Gasteiger partial charge in [-0.3, -0.25) is 0 Å². The van der Waals surface area contributed by atoms with Crippen molar-refractivity contribution in [1.29, 1.82) is 0 Å². The van der Waals surface area contributed by atoms with Crippen LogP contribution in [0.5, 0.6) is 0 Å². The Morgan fingerprint density at radius 2 is 0.875 bits per heavy atom. The van der Waals surface area contributed by atoms with Crippen molar-refractivity contribution in [3.63, 3.8) is 0 Å². The lowest BCUT2D eigenvalue weighted by Crippen LogP contribution is -2.10. The largest absolute Gasteiger partial charge is 0.455 e. The summed E-state index contributed by atoms with van der Waals surface area (Å²) >= 11 is 0. The van der Waals surface area contributed by atoms with Crippen LogP contribution in [0.1, 0.15) is 0 Å². The van der Waals surface area contributed by atoms with Crippen molar-refractivity contribution in [1.82, 2.24) is 9.97 Å². The lowest BCUT2D eigenvalue weighted by atomic mass is 10.0. The summed E-state index contributed by atoms with van der Waals surface area (Å²) in [7, 11) is 0. The average Bonchev–Trinajstić information content (AvgIpc) is 3.55. The first-order valence-electron chi connectivity index (χ1n) is 16.1. The molecule has 0 radical (unpaired) electrons. The highest BCUT2D eigenvalue weighted by atomic mass is 16.3. The number of nitrogens with zero attached hydrogens (tertiary/aromatic N) is 3. The molecule has 0 aliphatic rings. The first-order valence-corrected chi connectivity index (χ1v) is 16.1. The van der Waals surface area contributed by atoms with Crippen LogP contribution in [0.2, 0.25) is 0 Å². The second-order valence-corrected chi connectivity index (χ2v) is 11.8. The van der Waals surface area contributed by atoms with Crippen molar-refractivity contribution in [3.8, 4) is 33.9 Å². The lowest BCUT2D eigenvalue weighted by molar-refractivity contribution is 0.673. The number of benzene rings is 7. The van der Waals surface area contributed by atoms with Crippen LogP contribution in [0.4, 0.5) is 17.1 Å². The van der Waals surface area contributed by atoms with Gasteiger partial charge in [0.2, 0.25) is 0 Å². The molecule has 0 fully saturated rings. The fourth-order valence-corrected chi connectivity index (χ4v) is 6.62. The summed E-state index contributed by atoms with van der Waals surface area (Å²) in [6.45, 7) is 0. The molecule has 0 atom stereocenters. The van der Waals surface area contributed by atoms with E-state index >= 15 is 0 Å². The summed E-state index contributed by atoms with van der Waals surface area (Å²) in [5.41, 5.74) is 9.51. The molecule has 4 heteroatoms. The Hall–Kier alpha value is -6.52. The number of anilines is 3. The van der Waals surface area contributed by atoms with Crippen molar-refractivity contribution < 1.29 is 4.42 Å². The second kappa shape index (κ2) is 11.7. The molecular formula is C44H29N3O. The Labute approximate surface area is 278 Å². The molecule has 0 spiro atoms. The number of aromatic nitrogens is 2. The molecule has 0 saturated carbocycles. The zero-order chi connectivity index (χ0) is 31.9. The number of para-hydroxylation sites is 3. The monoisotopic (exact) mass is 615 g/mol. The molecule has 0 unspecified atom stereocenters. The van der Waals surface area contributed by atoms with Crippen LogP contribution in [0.15, 0.2) is 180 Å². The van der Waals surface area contributed by atoms with E-state index in [0.717, 1.165) is 77.9 Å². The lowest BCUT2D eigenvalue weighted by Gasteiger charge is -2.27. The van der Waals surface area contributed by atoms with E-state index in [0.29, 0.717) is 5.82 Å². The Balaban J connectivity index is 1.31. The van der Waals surface area contributed by atoms with Gasteiger partial charge in [-0.1, -0.05) is 133 Å². The molecular weight excluding hydrogens is 587 g/mol. The van der Waals surface area contributed by atoms with Gasteiger partial charge in [0, 0.05) is 44.0 Å². The molecule has 226 valence electrons. The first-order chi connectivity index (χ1) is 23.8. The van der Waals surface area contributed by atoms with Crippen LogP contribution in [-0.2, 0) is 0 Å². The highest BCUT2D eigenvalue weighted by molar-refractivity contribution is 6.21. The Morgan fingerprint density at radius 1 is 0.396 bits per heavy atom. The Kier molecular flexibility index (Phi) is 6.76. The molecule has 9 rings (SSSR count). The summed E-state index contributed by atoms with van der Waals surface area (Å²) < 4.78 is 6.89. The van der Waals surface area contributed by atoms with Crippen molar-refractivity contribution in [3.05, 3.63) is 176 Å². The Morgan fingerprint density at radius 3 is 1.46 bits per heavy atom. The molecule has 0 saturated heterocycles. The fraction of sp³-hybridized carbons (Fsp3) is 0. The summed E-state index contributed by atoms with van der Waals surface area (Å²) in [4.78, 5) is 12.6. The van der Waals surface area contributed by atoms with E-state index in [-0.39, 0.29) is 0 Å². The van der Waals surface area contributed by atoms with Gasteiger partial charge in [-0.2, -0.15) is 0 Å². The highest BCUT2D eigenvalue weighted by Gasteiger charge is 2.22. The van der Waals surface area contributed by atoms with E-state index in [9.17, 15) is 0 Å². The minimum Gasteiger partial charge on any atom is -0.455 e. The molecule has 0 amide bonds. The normalized spacial score (nSPS) is 11.3. The van der Waals surface area contributed by atoms with Gasteiger partial charge in [0.1, 0.15) is 11.2 Å². The molecule has 2 aromatic heterocycles. The SMILES string of the molecule is c1ccc(-c2cc(-c3ccccc3)nc(-c3cccc4c3oc3c5ccccc5c(N(c5ccccc5)c5ccccc5)cc43)n2)cc1. The van der Waals surface area contributed by atoms with Gasteiger partial charge in [0.15, 0.2) is 5.82 Å². The van der Waals surface area contributed by atoms with E-state index in [1.54, 1.807) is 0 Å². The standard InChI is InChI=1S/C44H29N3O/c1-5-16-30(17-6-1)39-29-40(31-18-7-2-8-19-31)46-44(45-39)37-27-15-26-36-38-28-41(34-24-13-14-25-35(34)43(38)48-42(36)37)47(32-20-9-3-10-21-32)33-22-11-4-12-23-33/h1-29H. The minimum absolute atomic E-state index is 0.625. The predicted octanol–water partition coefficient (Wildman–Crippen LogP) is 12.0. The van der Waals surface area contributed by atoms with Gasteiger partial charge in [-0.15, -0.1) is 0 Å². The fourth-order valence-electron chi connectivity index (χ4n) is 6.62. The molecule has 4 nitrogen and oxygen atoms in total. The van der Waals surface area contributed by atoms with Gasteiger partial charge in [0.25, 0.3) is 0 Å². The van der Waals surface area contributed by atoms with E-state index in [1.165, 1.54) is 0 Å². The summed E-state index contributed by atoms with van der Waals surface area (Å²) in [6, 6.07) is 60.7. The van der Waals surface area contributed by atoms with E-state index in [1.807, 2.05) is 36.4 Å². The molecule has 2 heterocycles. The van der Waals surface area contributed by atoms with Crippen LogP contribution < -0.4 is 4.90 Å². The maximum atomic E-state index is 6.89. The van der Waals surface area contributed by atoms with Gasteiger partial charge < -0.3 is 9.32 Å². The van der Waals surface area contributed by atoms with Crippen molar-refractivity contribution in [2.75, 3.05) is 4.90 Å². The van der Waals surface area contributed by atoms with E-state index in [4.69, 9.17) is 14.4 Å². The molecule has 7 aromatic carbocycles. The third-order valence-electron chi connectivity index (χ3n) is 8.86. The highest BCUT2D eigenvalue weighted by Crippen LogP contribution is 2.45. The maximum absolute atomic E-state index is 6.89. The molecule has 0 bridgehead atoms. The van der Waals surface area contributed by atoms with Gasteiger partial charge >= 0.3 is 0 Å². The maximum Gasteiger partial charge on any atom is 0.164 e. The number of rotatable bonds is 6. The summed E-state index contributed by atoms with van der Waals surface area (Å²) in [6.07, 6.45) is 0. The van der Waals surface area contributed by atoms with Crippen molar-refractivity contribution >= 4 is 49.8 Å². The number of furan rings is 1. The van der Waals surface area contributed by atoms with Gasteiger partial charge in [-0.25, -0.2) is 9.97 Å². The van der Waals surface area contributed by atoms with Gasteiger partial charge in [0.05, 0.1) is 22.6 Å². The van der Waals surface area contributed by atoms with Gasteiger partial charge in [-0.05, 0) is 42.5 Å². The van der Waals surface area contributed by atoms with Crippen LogP contribution in [0.3, 0.4) is 0 Å². The third kappa shape index (κ3) is 4.79. The van der Waals surface area contributed by atoms with Crippen LogP contribution in [-0.4, -0.2) is 9.97 Å².